The van der Waals surface area contributed by atoms with Gasteiger partial charge in [0.25, 0.3) is 0 Å². The number of imidazole rings is 1. The number of fused-ring (bicyclic) bond motifs is 1. The van der Waals surface area contributed by atoms with Crippen LogP contribution < -0.4 is 10.1 Å². The summed E-state index contributed by atoms with van der Waals surface area (Å²) in [5.74, 6) is 2.50. The second-order valence-electron chi connectivity index (χ2n) is 5.18. The first-order valence-corrected chi connectivity index (χ1v) is 8.67. The van der Waals surface area contributed by atoms with Crippen LogP contribution in [-0.2, 0) is 17.1 Å². The summed E-state index contributed by atoms with van der Waals surface area (Å²) in [5, 5.41) is 2.88. The Morgan fingerprint density at radius 1 is 1.29 bits per heavy atom. The number of carbonyl (C=O) groups excluding carboxylic acids is 1. The quantitative estimate of drug-likeness (QED) is 0.690. The highest BCUT2D eigenvalue weighted by atomic mass is 32.2. The van der Waals surface area contributed by atoms with E-state index in [9.17, 15) is 4.79 Å². The van der Waals surface area contributed by atoms with Crippen molar-refractivity contribution in [3.8, 4) is 5.88 Å². The van der Waals surface area contributed by atoms with Gasteiger partial charge in [-0.25, -0.2) is 9.97 Å². The molecular formula is C17H18N4O2S. The number of H-pyrrole nitrogens is 1. The molecule has 6 nitrogen and oxygen atoms in total. The van der Waals surface area contributed by atoms with E-state index >= 15 is 0 Å². The second-order valence-corrected chi connectivity index (χ2v) is 6.16. The molecule has 3 aromatic rings. The summed E-state index contributed by atoms with van der Waals surface area (Å²) in [5.41, 5.74) is 2.90. The Bertz CT molecular complexity index is 784. The zero-order valence-electron chi connectivity index (χ0n) is 13.3. The molecule has 3 rings (SSSR count). The average Bonchev–Trinajstić information content (AvgIpc) is 3.03. The lowest BCUT2D eigenvalue weighted by molar-refractivity contribution is -0.118. The predicted molar refractivity (Wildman–Crippen MR) is 94.9 cm³/mol. The molecule has 24 heavy (non-hydrogen) atoms. The molecule has 124 valence electrons. The average molecular weight is 342 g/mol. The van der Waals surface area contributed by atoms with E-state index in [1.807, 2.05) is 30.3 Å². The van der Waals surface area contributed by atoms with Gasteiger partial charge in [-0.2, -0.15) is 0 Å². The van der Waals surface area contributed by atoms with Gasteiger partial charge in [-0.05, 0) is 17.7 Å². The Morgan fingerprint density at radius 2 is 2.17 bits per heavy atom. The van der Waals surface area contributed by atoms with E-state index in [-0.39, 0.29) is 5.91 Å². The number of carbonyl (C=O) groups is 1. The summed E-state index contributed by atoms with van der Waals surface area (Å²) in [6.45, 7) is 0.459. The van der Waals surface area contributed by atoms with Crippen molar-refractivity contribution < 1.29 is 9.53 Å². The number of aromatic amines is 1. The van der Waals surface area contributed by atoms with Crippen LogP contribution in [0, 0.1) is 0 Å². The van der Waals surface area contributed by atoms with Crippen molar-refractivity contribution in [3.63, 3.8) is 0 Å². The fourth-order valence-corrected chi connectivity index (χ4v) is 2.92. The number of methoxy groups -OCH3 is 1. The fraction of sp³-hybridized carbons (Fsp3) is 0.235. The third kappa shape index (κ3) is 4.26. The summed E-state index contributed by atoms with van der Waals surface area (Å²) in [6.07, 6.45) is 1.70. The maximum atomic E-state index is 11.9. The monoisotopic (exact) mass is 342 g/mol. The van der Waals surface area contributed by atoms with Crippen molar-refractivity contribution in [2.24, 2.45) is 0 Å². The number of amides is 1. The molecule has 0 fully saturated rings. The number of nitrogens with one attached hydrogen (secondary N) is 2. The zero-order valence-corrected chi connectivity index (χ0v) is 14.1. The first-order chi connectivity index (χ1) is 11.7. The Balaban J connectivity index is 1.41. The molecule has 7 heteroatoms. The summed E-state index contributed by atoms with van der Waals surface area (Å²) in [6, 6.07) is 11.5. The zero-order chi connectivity index (χ0) is 16.8. The van der Waals surface area contributed by atoms with Gasteiger partial charge >= 0.3 is 0 Å². The van der Waals surface area contributed by atoms with Gasteiger partial charge in [0.05, 0.1) is 29.6 Å². The molecule has 0 radical (unpaired) electrons. The van der Waals surface area contributed by atoms with Crippen LogP contribution in [-0.4, -0.2) is 33.7 Å². The molecule has 0 unspecified atom stereocenters. The van der Waals surface area contributed by atoms with Crippen LogP contribution in [0.15, 0.2) is 42.6 Å². The van der Waals surface area contributed by atoms with Crippen LogP contribution in [0.2, 0.25) is 0 Å². The standard InChI is InChI=1S/C17H18N4O2S/c1-23-17-7-6-12(9-19-17)8-18-16(22)11-24-10-15-20-13-4-2-3-5-14(13)21-15/h2-7,9H,8,10-11H2,1H3,(H,18,22)(H,20,21). The lowest BCUT2D eigenvalue weighted by Gasteiger charge is -2.05. The second kappa shape index (κ2) is 7.83. The Hall–Kier alpha value is -2.54. The molecule has 1 amide bonds. The van der Waals surface area contributed by atoms with Crippen LogP contribution >= 0.6 is 11.8 Å². The molecule has 1 aromatic carbocycles. The molecule has 0 atom stereocenters. The van der Waals surface area contributed by atoms with Crippen LogP contribution in [0.4, 0.5) is 0 Å². The Labute approximate surface area is 144 Å². The fourth-order valence-electron chi connectivity index (χ4n) is 2.20. The number of hydrogen-bond acceptors (Lipinski definition) is 5. The number of ether oxygens (including phenoxy) is 1. The van der Waals surface area contributed by atoms with Crippen molar-refractivity contribution in [1.82, 2.24) is 20.3 Å². The minimum atomic E-state index is -0.00747. The van der Waals surface area contributed by atoms with Crippen molar-refractivity contribution in [2.75, 3.05) is 12.9 Å². The number of benzene rings is 1. The van der Waals surface area contributed by atoms with E-state index < -0.39 is 0 Å². The van der Waals surface area contributed by atoms with Gasteiger partial charge in [-0.3, -0.25) is 4.79 Å². The molecule has 0 saturated carbocycles. The SMILES string of the molecule is COc1ccc(CNC(=O)CSCc2nc3ccccc3[nH]2)cn1. The lowest BCUT2D eigenvalue weighted by Crippen LogP contribution is -2.24. The summed E-state index contributed by atoms with van der Waals surface area (Å²) < 4.78 is 5.00. The smallest absolute Gasteiger partial charge is 0.230 e. The van der Waals surface area contributed by atoms with Crippen LogP contribution in [0.5, 0.6) is 5.88 Å². The summed E-state index contributed by atoms with van der Waals surface area (Å²) >= 11 is 1.53. The van der Waals surface area contributed by atoms with E-state index in [1.54, 1.807) is 19.4 Å². The largest absolute Gasteiger partial charge is 0.481 e. The van der Waals surface area contributed by atoms with Gasteiger partial charge in [-0.1, -0.05) is 18.2 Å². The molecule has 2 aromatic heterocycles. The van der Waals surface area contributed by atoms with Gasteiger partial charge in [-0.15, -0.1) is 11.8 Å². The number of para-hydroxylation sites is 2. The number of thioether (sulfide) groups is 1. The number of rotatable bonds is 7. The van der Waals surface area contributed by atoms with E-state index in [2.05, 4.69) is 20.3 Å². The van der Waals surface area contributed by atoms with Gasteiger partial charge in [0.2, 0.25) is 11.8 Å². The molecule has 0 aliphatic rings. The Kier molecular flexibility index (Phi) is 5.32. The maximum Gasteiger partial charge on any atom is 0.230 e. The third-order valence-electron chi connectivity index (χ3n) is 3.41. The van der Waals surface area contributed by atoms with Gasteiger partial charge in [0.1, 0.15) is 5.82 Å². The molecule has 0 aliphatic carbocycles. The molecule has 0 bridgehead atoms. The highest BCUT2D eigenvalue weighted by molar-refractivity contribution is 7.99. The number of pyridine rings is 1. The van der Waals surface area contributed by atoms with Crippen LogP contribution in [0.1, 0.15) is 11.4 Å². The predicted octanol–water partition coefficient (Wildman–Crippen LogP) is 2.52. The normalized spacial score (nSPS) is 10.7. The van der Waals surface area contributed by atoms with Gasteiger partial charge < -0.3 is 15.0 Å². The molecule has 0 spiro atoms. The molecule has 0 aliphatic heterocycles. The van der Waals surface area contributed by atoms with Crippen molar-refractivity contribution >= 4 is 28.7 Å². The van der Waals surface area contributed by atoms with Crippen molar-refractivity contribution in [3.05, 3.63) is 54.0 Å². The van der Waals surface area contributed by atoms with E-state index in [0.717, 1.165) is 22.4 Å². The molecule has 0 saturated heterocycles. The molecular weight excluding hydrogens is 324 g/mol. The minimum absolute atomic E-state index is 0.00747. The summed E-state index contributed by atoms with van der Waals surface area (Å²) in [7, 11) is 1.57. The number of nitrogens with zero attached hydrogens (tertiary/aromatic N) is 2. The number of hydrogen-bond donors (Lipinski definition) is 2. The number of aromatic nitrogens is 3. The lowest BCUT2D eigenvalue weighted by atomic mass is 10.3. The van der Waals surface area contributed by atoms with E-state index in [0.29, 0.717) is 23.9 Å². The first kappa shape index (κ1) is 16.3. The van der Waals surface area contributed by atoms with Crippen LogP contribution in [0.3, 0.4) is 0 Å². The Morgan fingerprint density at radius 3 is 2.92 bits per heavy atom. The van der Waals surface area contributed by atoms with Gasteiger partial charge in [0, 0.05) is 18.8 Å². The first-order valence-electron chi connectivity index (χ1n) is 7.51. The minimum Gasteiger partial charge on any atom is -0.481 e. The van der Waals surface area contributed by atoms with Crippen molar-refractivity contribution in [1.29, 1.82) is 0 Å². The maximum absolute atomic E-state index is 11.9. The van der Waals surface area contributed by atoms with E-state index in [4.69, 9.17) is 4.74 Å². The molecule has 2 N–H and O–H groups in total. The topological polar surface area (TPSA) is 79.9 Å². The third-order valence-corrected chi connectivity index (χ3v) is 4.35. The van der Waals surface area contributed by atoms with Gasteiger partial charge in [0.15, 0.2) is 0 Å². The summed E-state index contributed by atoms with van der Waals surface area (Å²) in [4.78, 5) is 23.7. The highest BCUT2D eigenvalue weighted by Gasteiger charge is 2.05. The van der Waals surface area contributed by atoms with Crippen LogP contribution in [0.25, 0.3) is 11.0 Å². The molecule has 2 heterocycles. The van der Waals surface area contributed by atoms with Crippen molar-refractivity contribution in [2.45, 2.75) is 12.3 Å². The van der Waals surface area contributed by atoms with E-state index in [1.165, 1.54) is 11.8 Å². The highest BCUT2D eigenvalue weighted by Crippen LogP contribution is 2.15.